The number of alkyl halides is 1. The zero-order valence-electron chi connectivity index (χ0n) is 12.0. The van der Waals surface area contributed by atoms with Crippen molar-refractivity contribution in [3.05, 3.63) is 11.3 Å². The highest BCUT2D eigenvalue weighted by atomic mass is 79.9. The van der Waals surface area contributed by atoms with Gasteiger partial charge in [-0.1, -0.05) is 28.8 Å². The van der Waals surface area contributed by atoms with Gasteiger partial charge in [0.05, 0.1) is 5.69 Å². The molecule has 1 aliphatic carbocycles. The third-order valence-electron chi connectivity index (χ3n) is 4.96. The molecule has 0 amide bonds. The lowest BCUT2D eigenvalue weighted by Gasteiger charge is -2.45. The van der Waals surface area contributed by atoms with E-state index in [1.165, 1.54) is 62.1 Å². The van der Waals surface area contributed by atoms with Crippen LogP contribution in [0.3, 0.4) is 0 Å². The number of nitrogens with zero attached hydrogens (tertiary/aromatic N) is 3. The zero-order chi connectivity index (χ0) is 13.4. The van der Waals surface area contributed by atoms with Crippen LogP contribution in [0.15, 0.2) is 0 Å². The molecule has 0 unspecified atom stereocenters. The number of hydrogen-bond donors (Lipinski definition) is 0. The van der Waals surface area contributed by atoms with Crippen LogP contribution < -0.4 is 4.90 Å². The van der Waals surface area contributed by atoms with E-state index in [4.69, 9.17) is 0 Å². The molecule has 1 aromatic heterocycles. The minimum Gasteiger partial charge on any atom is -0.353 e. The average Bonchev–Trinajstić information content (AvgIpc) is 2.72. The predicted octanol–water partition coefficient (Wildman–Crippen LogP) is 3.78. The van der Waals surface area contributed by atoms with E-state index in [-0.39, 0.29) is 0 Å². The predicted molar refractivity (Wildman–Crippen MR) is 82.9 cm³/mol. The Bertz CT molecular complexity index is 452. The number of aromatic nitrogens is 2. The Labute approximate surface area is 124 Å². The third kappa shape index (κ3) is 2.32. The van der Waals surface area contributed by atoms with Crippen molar-refractivity contribution in [2.75, 3.05) is 11.4 Å². The number of anilines is 1. The molecular weight excluding hydrogens is 302 g/mol. The van der Waals surface area contributed by atoms with Gasteiger partial charge in [0.1, 0.15) is 5.82 Å². The van der Waals surface area contributed by atoms with Gasteiger partial charge in [0.2, 0.25) is 0 Å². The second-order valence-corrected chi connectivity index (χ2v) is 6.65. The Morgan fingerprint density at radius 1 is 1.21 bits per heavy atom. The van der Waals surface area contributed by atoms with E-state index in [0.29, 0.717) is 0 Å². The Hall–Kier alpha value is -0.510. The molecule has 0 bridgehead atoms. The molecule has 2 heterocycles. The number of piperidine rings is 1. The monoisotopic (exact) mass is 325 g/mol. The largest absolute Gasteiger partial charge is 0.353 e. The second kappa shape index (κ2) is 5.47. The fourth-order valence-corrected chi connectivity index (χ4v) is 4.75. The average molecular weight is 326 g/mol. The van der Waals surface area contributed by atoms with Gasteiger partial charge in [-0.2, -0.15) is 5.10 Å². The van der Waals surface area contributed by atoms with Crippen LogP contribution in [0.1, 0.15) is 49.8 Å². The lowest BCUT2D eigenvalue weighted by molar-refractivity contribution is 0.241. The summed E-state index contributed by atoms with van der Waals surface area (Å²) in [5.41, 5.74) is 2.56. The van der Waals surface area contributed by atoms with E-state index >= 15 is 0 Å². The molecule has 0 N–H and O–H groups in total. The quantitative estimate of drug-likeness (QED) is 0.771. The summed E-state index contributed by atoms with van der Waals surface area (Å²) in [4.78, 5) is 2.67. The SMILES string of the molecule is Cc1nn(C)c(N2CCC[C@H]3CCCC[C@H]32)c1CBr. The molecule has 1 aromatic rings. The minimum absolute atomic E-state index is 0.759. The smallest absolute Gasteiger partial charge is 0.131 e. The molecule has 2 atom stereocenters. The molecule has 2 fully saturated rings. The van der Waals surface area contributed by atoms with Crippen molar-refractivity contribution in [2.24, 2.45) is 13.0 Å². The Kier molecular flexibility index (Phi) is 3.88. The molecule has 106 valence electrons. The summed E-state index contributed by atoms with van der Waals surface area (Å²) in [6.07, 6.45) is 8.41. The van der Waals surface area contributed by atoms with Gasteiger partial charge in [-0.05, 0) is 38.5 Å². The topological polar surface area (TPSA) is 21.1 Å². The fourth-order valence-electron chi connectivity index (χ4n) is 4.09. The van der Waals surface area contributed by atoms with Crippen molar-refractivity contribution in [1.82, 2.24) is 9.78 Å². The molecule has 0 radical (unpaired) electrons. The van der Waals surface area contributed by atoms with Crippen molar-refractivity contribution in [1.29, 1.82) is 0 Å². The minimum atomic E-state index is 0.759. The summed E-state index contributed by atoms with van der Waals surface area (Å²) in [5, 5.41) is 5.55. The lowest BCUT2D eigenvalue weighted by atomic mass is 9.78. The number of halogens is 1. The molecule has 0 aromatic carbocycles. The van der Waals surface area contributed by atoms with Gasteiger partial charge < -0.3 is 4.90 Å². The summed E-state index contributed by atoms with van der Waals surface area (Å²) in [7, 11) is 2.10. The normalized spacial score (nSPS) is 27.4. The van der Waals surface area contributed by atoms with Crippen LogP contribution in [0.5, 0.6) is 0 Å². The van der Waals surface area contributed by atoms with Crippen molar-refractivity contribution in [3.8, 4) is 0 Å². The molecule has 2 aliphatic rings. The number of hydrogen-bond acceptors (Lipinski definition) is 2. The maximum atomic E-state index is 4.64. The molecule has 1 saturated carbocycles. The van der Waals surface area contributed by atoms with E-state index in [2.05, 4.69) is 44.6 Å². The van der Waals surface area contributed by atoms with E-state index in [9.17, 15) is 0 Å². The zero-order valence-corrected chi connectivity index (χ0v) is 13.6. The maximum Gasteiger partial charge on any atom is 0.131 e. The van der Waals surface area contributed by atoms with Crippen molar-refractivity contribution in [3.63, 3.8) is 0 Å². The first-order chi connectivity index (χ1) is 9.22. The van der Waals surface area contributed by atoms with Crippen LogP contribution in [-0.2, 0) is 12.4 Å². The first-order valence-corrected chi connectivity index (χ1v) is 8.69. The molecule has 3 rings (SSSR count). The van der Waals surface area contributed by atoms with Crippen LogP contribution in [-0.4, -0.2) is 22.4 Å². The molecule has 4 heteroatoms. The Balaban J connectivity index is 1.96. The summed E-state index contributed by atoms with van der Waals surface area (Å²) in [6, 6.07) is 0.759. The Morgan fingerprint density at radius 3 is 2.74 bits per heavy atom. The van der Waals surface area contributed by atoms with Gasteiger partial charge in [0.15, 0.2) is 0 Å². The van der Waals surface area contributed by atoms with Gasteiger partial charge in [0, 0.05) is 30.5 Å². The molecule has 3 nitrogen and oxygen atoms in total. The van der Waals surface area contributed by atoms with Gasteiger partial charge in [-0.15, -0.1) is 0 Å². The highest BCUT2D eigenvalue weighted by Crippen LogP contribution is 2.39. The molecule has 1 saturated heterocycles. The first-order valence-electron chi connectivity index (χ1n) is 7.57. The number of rotatable bonds is 2. The van der Waals surface area contributed by atoms with Gasteiger partial charge in [-0.25, -0.2) is 0 Å². The highest BCUT2D eigenvalue weighted by Gasteiger charge is 2.35. The van der Waals surface area contributed by atoms with Crippen LogP contribution in [0.4, 0.5) is 5.82 Å². The molecule has 19 heavy (non-hydrogen) atoms. The second-order valence-electron chi connectivity index (χ2n) is 6.09. The van der Waals surface area contributed by atoms with Crippen molar-refractivity contribution >= 4 is 21.7 Å². The summed E-state index contributed by atoms with van der Waals surface area (Å²) < 4.78 is 2.10. The number of aryl methyl sites for hydroxylation is 2. The maximum absolute atomic E-state index is 4.64. The highest BCUT2D eigenvalue weighted by molar-refractivity contribution is 9.08. The molecule has 1 aliphatic heterocycles. The van der Waals surface area contributed by atoms with Gasteiger partial charge in [-0.3, -0.25) is 4.68 Å². The fraction of sp³-hybridized carbons (Fsp3) is 0.800. The van der Waals surface area contributed by atoms with Crippen LogP contribution in [0.25, 0.3) is 0 Å². The lowest BCUT2D eigenvalue weighted by Crippen LogP contribution is -2.48. The third-order valence-corrected chi connectivity index (χ3v) is 5.52. The molecule has 0 spiro atoms. The van der Waals surface area contributed by atoms with E-state index < -0.39 is 0 Å². The van der Waals surface area contributed by atoms with Gasteiger partial charge >= 0.3 is 0 Å². The van der Waals surface area contributed by atoms with Crippen LogP contribution >= 0.6 is 15.9 Å². The summed E-state index contributed by atoms with van der Waals surface area (Å²) in [6.45, 7) is 3.34. The van der Waals surface area contributed by atoms with Crippen LogP contribution in [0.2, 0.25) is 0 Å². The van der Waals surface area contributed by atoms with E-state index in [1.54, 1.807) is 0 Å². The first kappa shape index (κ1) is 13.5. The van der Waals surface area contributed by atoms with Gasteiger partial charge in [0.25, 0.3) is 0 Å². The molecular formula is C15H24BrN3. The van der Waals surface area contributed by atoms with Crippen molar-refractivity contribution < 1.29 is 0 Å². The van der Waals surface area contributed by atoms with E-state index in [1.807, 2.05) is 0 Å². The standard InChI is InChI=1S/C15H24BrN3/c1-11-13(10-16)15(18(2)17-11)19-9-5-7-12-6-3-4-8-14(12)19/h12,14H,3-10H2,1-2H3/t12-,14-/m1/s1. The van der Waals surface area contributed by atoms with Crippen LogP contribution in [0, 0.1) is 12.8 Å². The summed E-state index contributed by atoms with van der Waals surface area (Å²) >= 11 is 3.65. The summed E-state index contributed by atoms with van der Waals surface area (Å²) in [5.74, 6) is 2.28. The number of fused-ring (bicyclic) bond motifs is 1. The van der Waals surface area contributed by atoms with E-state index in [0.717, 1.165) is 17.3 Å². The van der Waals surface area contributed by atoms with Crippen molar-refractivity contribution in [2.45, 2.75) is 56.8 Å². The Morgan fingerprint density at radius 2 is 1.95 bits per heavy atom.